The molecule has 0 aliphatic carbocycles. The maximum atomic E-state index is 13.3. The van der Waals surface area contributed by atoms with Gasteiger partial charge in [0.2, 0.25) is 15.9 Å². The highest BCUT2D eigenvalue weighted by Gasteiger charge is 2.35. The van der Waals surface area contributed by atoms with E-state index in [-0.39, 0.29) is 16.7 Å². The number of ether oxygens (including phenoxy) is 1. The molecule has 0 bridgehead atoms. The van der Waals surface area contributed by atoms with Crippen molar-refractivity contribution < 1.29 is 13.2 Å². The van der Waals surface area contributed by atoms with Gasteiger partial charge in [-0.1, -0.05) is 11.6 Å². The first-order valence-electron chi connectivity index (χ1n) is 9.76. The van der Waals surface area contributed by atoms with Crippen molar-refractivity contribution in [1.29, 1.82) is 0 Å². The van der Waals surface area contributed by atoms with E-state index in [0.29, 0.717) is 36.6 Å². The zero-order valence-corrected chi connectivity index (χ0v) is 19.0. The lowest BCUT2D eigenvalue weighted by Crippen LogP contribution is -2.40. The fraction of sp³-hybridized carbons (Fsp3) is 0.438. The SMILES string of the molecule is BC(B)(B)Oc1c(S(=O)(=O)N2CCC(c3cn4ncnc4cc3Cl)CC2)cnn1C. The van der Waals surface area contributed by atoms with Crippen LogP contribution in [0.4, 0.5) is 0 Å². The summed E-state index contributed by atoms with van der Waals surface area (Å²) in [5.74, 6) is 0.404. The summed E-state index contributed by atoms with van der Waals surface area (Å²) in [6.07, 6.45) is 6.05. The number of rotatable bonds is 5. The second-order valence-corrected chi connectivity index (χ2v) is 10.8. The molecular weight excluding hydrogens is 424 g/mol. The highest BCUT2D eigenvalue weighted by Crippen LogP contribution is 2.36. The van der Waals surface area contributed by atoms with E-state index >= 15 is 0 Å². The second-order valence-electron chi connectivity index (χ2n) is 8.47. The van der Waals surface area contributed by atoms with Crippen molar-refractivity contribution in [2.75, 3.05) is 13.1 Å². The minimum absolute atomic E-state index is 0.0976. The molecule has 14 heteroatoms. The molecule has 0 saturated carbocycles. The standard InChI is InChI=1S/C16H22B3ClN6O3S/c1-24-15(29-16(17,18)19)13(7-22-24)30(27,28)25-4-2-10(3-5-25)11-8-26-14(6-12(11)20)21-9-23-26/h6-10H,2-5,17-19H2,1H3. The summed E-state index contributed by atoms with van der Waals surface area (Å²) in [5.41, 5.74) is 1.65. The maximum Gasteiger partial charge on any atom is 0.250 e. The number of halogens is 1. The van der Waals surface area contributed by atoms with Gasteiger partial charge in [0.15, 0.2) is 10.5 Å². The Hall–Kier alpha value is -1.98. The highest BCUT2D eigenvalue weighted by atomic mass is 35.5. The molecule has 0 unspecified atom stereocenters. The molecule has 1 aliphatic rings. The van der Waals surface area contributed by atoms with Gasteiger partial charge in [-0.25, -0.2) is 22.6 Å². The molecule has 30 heavy (non-hydrogen) atoms. The number of hydrogen-bond acceptors (Lipinski definition) is 6. The lowest BCUT2D eigenvalue weighted by atomic mass is 9.52. The number of aromatic nitrogens is 5. The number of sulfonamides is 1. The smallest absolute Gasteiger partial charge is 0.250 e. The summed E-state index contributed by atoms with van der Waals surface area (Å²) < 4.78 is 37.1. The predicted octanol–water partition coefficient (Wildman–Crippen LogP) is -1.43. The van der Waals surface area contributed by atoms with E-state index < -0.39 is 15.3 Å². The molecule has 0 radical (unpaired) electrons. The number of pyridine rings is 1. The second kappa shape index (κ2) is 7.62. The highest BCUT2D eigenvalue weighted by molar-refractivity contribution is 7.89. The molecule has 0 aromatic carbocycles. The number of piperidine rings is 1. The van der Waals surface area contributed by atoms with E-state index in [2.05, 4.69) is 15.2 Å². The quantitative estimate of drug-likeness (QED) is 0.447. The summed E-state index contributed by atoms with van der Waals surface area (Å²) >= 11 is 6.46. The maximum absolute atomic E-state index is 13.3. The number of aryl methyl sites for hydroxylation is 1. The van der Waals surface area contributed by atoms with Crippen LogP contribution in [0.15, 0.2) is 29.7 Å². The molecule has 0 N–H and O–H groups in total. The summed E-state index contributed by atoms with van der Waals surface area (Å²) in [4.78, 5) is 4.24. The van der Waals surface area contributed by atoms with Crippen molar-refractivity contribution in [3.63, 3.8) is 0 Å². The van der Waals surface area contributed by atoms with Gasteiger partial charge >= 0.3 is 0 Å². The first-order valence-corrected chi connectivity index (χ1v) is 11.6. The Balaban J connectivity index is 1.54. The molecule has 4 rings (SSSR count). The Bertz CT molecular complexity index is 1180. The summed E-state index contributed by atoms with van der Waals surface area (Å²) in [6, 6.07) is 1.79. The fourth-order valence-electron chi connectivity index (χ4n) is 3.69. The van der Waals surface area contributed by atoms with Gasteiger partial charge in [-0.15, -0.1) is 0 Å². The lowest BCUT2D eigenvalue weighted by molar-refractivity contribution is 0.278. The Morgan fingerprint density at radius 3 is 2.60 bits per heavy atom. The van der Waals surface area contributed by atoms with Crippen LogP contribution in [0.25, 0.3) is 5.65 Å². The molecule has 0 atom stereocenters. The Morgan fingerprint density at radius 1 is 1.23 bits per heavy atom. The topological polar surface area (TPSA) is 94.6 Å². The van der Waals surface area contributed by atoms with E-state index in [1.807, 2.05) is 29.7 Å². The van der Waals surface area contributed by atoms with Crippen LogP contribution in [0.2, 0.25) is 5.02 Å². The van der Waals surface area contributed by atoms with E-state index in [4.69, 9.17) is 16.3 Å². The average molecular weight is 446 g/mol. The van der Waals surface area contributed by atoms with Gasteiger partial charge in [-0.2, -0.15) is 14.5 Å². The van der Waals surface area contributed by atoms with Crippen molar-refractivity contribution in [3.8, 4) is 5.88 Å². The van der Waals surface area contributed by atoms with Crippen molar-refractivity contribution >= 4 is 50.8 Å². The number of fused-ring (bicyclic) bond motifs is 1. The van der Waals surface area contributed by atoms with Gasteiger partial charge < -0.3 is 4.74 Å². The average Bonchev–Trinajstić information content (AvgIpc) is 3.26. The molecule has 0 amide bonds. The fourth-order valence-corrected chi connectivity index (χ4v) is 5.53. The van der Waals surface area contributed by atoms with Gasteiger partial charge in [-0.05, 0) is 24.3 Å². The van der Waals surface area contributed by atoms with Crippen LogP contribution in [0.3, 0.4) is 0 Å². The predicted molar refractivity (Wildman–Crippen MR) is 121 cm³/mol. The summed E-state index contributed by atoms with van der Waals surface area (Å²) in [7, 11) is 3.57. The monoisotopic (exact) mass is 446 g/mol. The summed E-state index contributed by atoms with van der Waals surface area (Å²) in [5, 5.41) is 8.37. The normalized spacial score (nSPS) is 16.9. The van der Waals surface area contributed by atoms with Crippen LogP contribution in [-0.4, -0.2) is 79.0 Å². The molecule has 1 aliphatic heterocycles. The molecule has 3 aromatic heterocycles. The molecule has 1 fully saturated rings. The van der Waals surface area contributed by atoms with E-state index in [1.54, 1.807) is 17.6 Å². The molecule has 3 aromatic rings. The minimum Gasteiger partial charge on any atom is -0.498 e. The minimum atomic E-state index is -3.72. The van der Waals surface area contributed by atoms with Gasteiger partial charge in [0.1, 0.15) is 29.9 Å². The van der Waals surface area contributed by atoms with Gasteiger partial charge in [0, 0.05) is 42.7 Å². The zero-order valence-electron chi connectivity index (χ0n) is 17.4. The van der Waals surface area contributed by atoms with Gasteiger partial charge in [0.05, 0.1) is 6.20 Å². The van der Waals surface area contributed by atoms with Crippen LogP contribution in [-0.2, 0) is 17.1 Å². The Morgan fingerprint density at radius 2 is 1.93 bits per heavy atom. The molecule has 1 saturated heterocycles. The lowest BCUT2D eigenvalue weighted by Gasteiger charge is -2.32. The largest absolute Gasteiger partial charge is 0.498 e. The van der Waals surface area contributed by atoms with Crippen LogP contribution >= 0.6 is 11.6 Å². The zero-order chi connectivity index (χ0) is 21.7. The van der Waals surface area contributed by atoms with E-state index in [9.17, 15) is 8.42 Å². The third kappa shape index (κ3) is 3.98. The van der Waals surface area contributed by atoms with Crippen LogP contribution < -0.4 is 4.74 Å². The van der Waals surface area contributed by atoms with Crippen molar-refractivity contribution in [3.05, 3.63) is 35.4 Å². The number of nitrogens with zero attached hydrogens (tertiary/aromatic N) is 6. The Kier molecular flexibility index (Phi) is 5.40. The first-order chi connectivity index (χ1) is 14.1. The molecule has 9 nitrogen and oxygen atoms in total. The molecular formula is C16H22B3ClN6O3S. The third-order valence-corrected chi connectivity index (χ3v) is 7.37. The molecule has 0 spiro atoms. The molecule has 4 heterocycles. The van der Waals surface area contributed by atoms with E-state index in [1.165, 1.54) is 21.5 Å². The van der Waals surface area contributed by atoms with E-state index in [0.717, 1.165) is 5.56 Å². The first kappa shape index (κ1) is 21.3. The van der Waals surface area contributed by atoms with Crippen molar-refractivity contribution in [1.82, 2.24) is 28.7 Å². The van der Waals surface area contributed by atoms with Crippen LogP contribution in [0.1, 0.15) is 24.3 Å². The van der Waals surface area contributed by atoms with Crippen LogP contribution in [0, 0.1) is 0 Å². The number of hydrogen-bond donors (Lipinski definition) is 0. The molecule has 156 valence electrons. The van der Waals surface area contributed by atoms with Crippen LogP contribution in [0.5, 0.6) is 5.88 Å². The van der Waals surface area contributed by atoms with Gasteiger partial charge in [-0.3, -0.25) is 0 Å². The van der Waals surface area contributed by atoms with Crippen molar-refractivity contribution in [2.24, 2.45) is 7.05 Å². The van der Waals surface area contributed by atoms with Gasteiger partial charge in [0.25, 0.3) is 0 Å². The van der Waals surface area contributed by atoms with Crippen molar-refractivity contribution in [2.45, 2.75) is 29.0 Å². The third-order valence-electron chi connectivity index (χ3n) is 5.16. The Labute approximate surface area is 183 Å². The summed E-state index contributed by atoms with van der Waals surface area (Å²) in [6.45, 7) is 0.783.